The van der Waals surface area contributed by atoms with Gasteiger partial charge in [0.05, 0.1) is 13.7 Å². The van der Waals surface area contributed by atoms with Gasteiger partial charge in [-0.05, 0) is 31.5 Å². The molecule has 25 heavy (non-hydrogen) atoms. The highest BCUT2D eigenvalue weighted by molar-refractivity contribution is 9.10. The Morgan fingerprint density at radius 3 is 2.60 bits per heavy atom. The molecule has 1 aromatic rings. The predicted octanol–water partition coefficient (Wildman–Crippen LogP) is 2.96. The Morgan fingerprint density at radius 2 is 1.96 bits per heavy atom. The number of carbonyl (C=O) groups is 2. The molecular weight excluding hydrogens is 386 g/mol. The van der Waals surface area contributed by atoms with Crippen molar-refractivity contribution in [2.24, 2.45) is 10.9 Å². The van der Waals surface area contributed by atoms with Crippen LogP contribution in [-0.2, 0) is 16.1 Å². The van der Waals surface area contributed by atoms with Crippen molar-refractivity contribution in [3.05, 3.63) is 45.6 Å². The number of halogens is 1. The van der Waals surface area contributed by atoms with Crippen molar-refractivity contribution in [1.82, 2.24) is 4.90 Å². The molecule has 0 saturated carbocycles. The number of imide groups is 1. The van der Waals surface area contributed by atoms with Crippen LogP contribution in [-0.4, -0.2) is 47.1 Å². The topological polar surface area (TPSA) is 62.0 Å². The molecule has 3 amide bonds. The molecule has 6 nitrogen and oxygen atoms in total. The molecule has 7 heteroatoms. The first-order valence-corrected chi connectivity index (χ1v) is 8.81. The Labute approximate surface area is 154 Å². The highest BCUT2D eigenvalue weighted by Gasteiger charge is 2.50. The lowest BCUT2D eigenvalue weighted by atomic mass is 9.96. The van der Waals surface area contributed by atoms with Crippen molar-refractivity contribution in [2.75, 3.05) is 13.7 Å². The molecule has 1 aromatic carbocycles. The van der Waals surface area contributed by atoms with Crippen LogP contribution in [0.2, 0.25) is 0 Å². The molecule has 1 unspecified atom stereocenters. The van der Waals surface area contributed by atoms with Gasteiger partial charge in [-0.25, -0.2) is 4.79 Å². The maximum absolute atomic E-state index is 13.1. The zero-order valence-electron chi connectivity index (χ0n) is 14.3. The quantitative estimate of drug-likeness (QED) is 0.724. The first-order valence-electron chi connectivity index (χ1n) is 8.02. The summed E-state index contributed by atoms with van der Waals surface area (Å²) >= 11 is 3.38. The Morgan fingerprint density at radius 1 is 1.28 bits per heavy atom. The van der Waals surface area contributed by atoms with Crippen molar-refractivity contribution in [3.8, 4) is 0 Å². The maximum Gasteiger partial charge on any atom is 0.445 e. The summed E-state index contributed by atoms with van der Waals surface area (Å²) in [5.74, 6) is -0.00229. The molecular formula is C18H19BrN3O3+. The molecule has 0 spiro atoms. The van der Waals surface area contributed by atoms with Crippen LogP contribution in [0.15, 0.2) is 45.1 Å². The second kappa shape index (κ2) is 6.92. The fourth-order valence-corrected chi connectivity index (χ4v) is 3.21. The average molecular weight is 405 g/mol. The van der Waals surface area contributed by atoms with Gasteiger partial charge in [-0.3, -0.25) is 4.79 Å². The summed E-state index contributed by atoms with van der Waals surface area (Å²) in [4.78, 5) is 31.3. The molecule has 2 aliphatic heterocycles. The third kappa shape index (κ3) is 3.16. The van der Waals surface area contributed by atoms with E-state index in [0.717, 1.165) is 15.6 Å². The number of amidine groups is 1. The summed E-state index contributed by atoms with van der Waals surface area (Å²) in [6.07, 6.45) is 1.64. The summed E-state index contributed by atoms with van der Waals surface area (Å²) in [7, 11) is 1.63. The third-order valence-corrected chi connectivity index (χ3v) is 4.76. The van der Waals surface area contributed by atoms with Gasteiger partial charge in [-0.15, -0.1) is 4.99 Å². The van der Waals surface area contributed by atoms with E-state index in [4.69, 9.17) is 4.74 Å². The minimum Gasteiger partial charge on any atom is -0.496 e. The van der Waals surface area contributed by atoms with Crippen LogP contribution in [0.1, 0.15) is 19.4 Å². The third-order valence-electron chi connectivity index (χ3n) is 4.23. The number of fused-ring (bicyclic) bond motifs is 1. The molecule has 3 rings (SSSR count). The van der Waals surface area contributed by atoms with Crippen molar-refractivity contribution < 1.29 is 18.9 Å². The van der Waals surface area contributed by atoms with E-state index in [0.29, 0.717) is 18.2 Å². The summed E-state index contributed by atoms with van der Waals surface area (Å²) in [5, 5.41) is 0. The van der Waals surface area contributed by atoms with Crippen LogP contribution >= 0.6 is 15.9 Å². The number of ether oxygens (including phenoxy) is 1. The van der Waals surface area contributed by atoms with Crippen molar-refractivity contribution in [2.45, 2.75) is 20.4 Å². The molecule has 2 aliphatic rings. The van der Waals surface area contributed by atoms with E-state index in [1.807, 2.05) is 38.1 Å². The summed E-state index contributed by atoms with van der Waals surface area (Å²) in [6.45, 7) is 4.38. The number of nitrogens with zero attached hydrogens (tertiary/aromatic N) is 3. The smallest absolute Gasteiger partial charge is 0.445 e. The van der Waals surface area contributed by atoms with Crippen LogP contribution in [0.25, 0.3) is 0 Å². The first-order chi connectivity index (χ1) is 11.9. The molecule has 130 valence electrons. The number of rotatable bonds is 4. The van der Waals surface area contributed by atoms with E-state index in [-0.39, 0.29) is 18.5 Å². The number of hydrogen-bond acceptors (Lipinski definition) is 4. The molecule has 0 radical (unpaired) electrons. The second-order valence-corrected chi connectivity index (χ2v) is 6.84. The van der Waals surface area contributed by atoms with Gasteiger partial charge in [0.15, 0.2) is 5.92 Å². The Kier molecular flexibility index (Phi) is 4.85. The number of amides is 3. The monoisotopic (exact) mass is 404 g/mol. The van der Waals surface area contributed by atoms with E-state index in [1.54, 1.807) is 13.3 Å². The van der Waals surface area contributed by atoms with Crippen molar-refractivity contribution >= 4 is 39.9 Å². The number of dihydropyridines is 1. The van der Waals surface area contributed by atoms with Gasteiger partial charge in [-0.1, -0.05) is 28.1 Å². The van der Waals surface area contributed by atoms with Gasteiger partial charge in [-0.2, -0.15) is 9.48 Å². The normalized spacial score (nSPS) is 20.3. The molecule has 0 N–H and O–H groups in total. The molecule has 0 aromatic heterocycles. The standard InChI is InChI=1S/C18H19BrN3O3/c1-4-25-15-11(2)9-20-16-14(15)17(23)22(18(24)21(16)3)10-12-5-7-13(19)8-6-12/h5-9,14H,4,10H2,1-3H3/q+1. The summed E-state index contributed by atoms with van der Waals surface area (Å²) in [6, 6.07) is 7.15. The van der Waals surface area contributed by atoms with Crippen LogP contribution in [0.4, 0.5) is 4.79 Å². The highest BCUT2D eigenvalue weighted by Crippen LogP contribution is 2.28. The van der Waals surface area contributed by atoms with E-state index in [2.05, 4.69) is 20.9 Å². The number of carbonyl (C=O) groups excluding carboxylic acids is 2. The number of hydrogen-bond donors (Lipinski definition) is 0. The molecule has 0 aliphatic carbocycles. The Hall–Kier alpha value is -2.28. The van der Waals surface area contributed by atoms with Gasteiger partial charge in [0.1, 0.15) is 18.5 Å². The fourth-order valence-electron chi connectivity index (χ4n) is 2.95. The number of benzene rings is 1. The van der Waals surface area contributed by atoms with Crippen LogP contribution < -0.4 is 0 Å². The van der Waals surface area contributed by atoms with E-state index >= 15 is 0 Å². The number of allylic oxidation sites excluding steroid dienone is 1. The lowest BCUT2D eigenvalue weighted by Gasteiger charge is -2.29. The summed E-state index contributed by atoms with van der Waals surface area (Å²) in [5.41, 5.74) is 1.68. The Bertz CT molecular complexity index is 824. The van der Waals surface area contributed by atoms with E-state index < -0.39 is 5.92 Å². The minimum atomic E-state index is -0.678. The van der Waals surface area contributed by atoms with Crippen molar-refractivity contribution in [3.63, 3.8) is 0 Å². The molecule has 2 heterocycles. The lowest BCUT2D eigenvalue weighted by Crippen LogP contribution is -2.54. The van der Waals surface area contributed by atoms with E-state index in [1.165, 1.54) is 9.48 Å². The fraction of sp³-hybridized carbons (Fsp3) is 0.333. The Balaban J connectivity index is 1.99. The lowest BCUT2D eigenvalue weighted by molar-refractivity contribution is -0.409. The molecule has 0 bridgehead atoms. The van der Waals surface area contributed by atoms with Crippen molar-refractivity contribution in [1.29, 1.82) is 0 Å². The van der Waals surface area contributed by atoms with Crippen LogP contribution in [0.3, 0.4) is 0 Å². The predicted molar refractivity (Wildman–Crippen MR) is 97.6 cm³/mol. The molecule has 1 atom stereocenters. The largest absolute Gasteiger partial charge is 0.496 e. The number of urea groups is 1. The average Bonchev–Trinajstić information content (AvgIpc) is 2.60. The highest BCUT2D eigenvalue weighted by atomic mass is 79.9. The van der Waals surface area contributed by atoms with Gasteiger partial charge in [0.25, 0.3) is 5.84 Å². The van der Waals surface area contributed by atoms with Crippen LogP contribution in [0, 0.1) is 5.92 Å². The van der Waals surface area contributed by atoms with E-state index in [9.17, 15) is 9.59 Å². The van der Waals surface area contributed by atoms with Gasteiger partial charge < -0.3 is 4.74 Å². The zero-order valence-corrected chi connectivity index (χ0v) is 15.9. The number of aliphatic imine (C=N–C) groups is 1. The van der Waals surface area contributed by atoms with Crippen LogP contribution in [0.5, 0.6) is 0 Å². The first kappa shape index (κ1) is 17.5. The zero-order chi connectivity index (χ0) is 18.1. The molecule has 0 saturated heterocycles. The van der Waals surface area contributed by atoms with Gasteiger partial charge >= 0.3 is 11.9 Å². The SMILES string of the molecule is CCOC1=C(C)C=NC2=[N+](C)C(=O)N(Cc3ccc(Br)cc3)C(=O)C12. The van der Waals surface area contributed by atoms with Gasteiger partial charge in [0, 0.05) is 10.0 Å². The molecule has 0 fully saturated rings. The summed E-state index contributed by atoms with van der Waals surface area (Å²) < 4.78 is 8.08. The maximum atomic E-state index is 13.1. The van der Waals surface area contributed by atoms with Gasteiger partial charge in [0.2, 0.25) is 0 Å². The second-order valence-electron chi connectivity index (χ2n) is 5.92. The minimum absolute atomic E-state index is 0.210.